The van der Waals surface area contributed by atoms with Crippen LogP contribution in [0.15, 0.2) is 59.6 Å². The molecule has 0 radical (unpaired) electrons. The van der Waals surface area contributed by atoms with E-state index in [0.29, 0.717) is 6.54 Å². The maximum Gasteiger partial charge on any atom is 0.160 e. The van der Waals surface area contributed by atoms with Crippen LogP contribution in [0.5, 0.6) is 0 Å². The molecule has 4 aliphatic heterocycles. The SMILES string of the molecule is Cc1sc2c(c1C)C(c1ccc(N3CC(CC4CN(CC5CN(c6ccccc6)C5)C4)C3)cc1)=NCc1nnc(C)n1-2. The zero-order valence-corrected chi connectivity index (χ0v) is 25.6. The van der Waals surface area contributed by atoms with E-state index in [1.165, 1.54) is 90.2 Å². The number of hydrogen-bond acceptors (Lipinski definition) is 7. The molecule has 42 heavy (non-hydrogen) atoms. The van der Waals surface area contributed by atoms with Gasteiger partial charge in [-0.05, 0) is 68.9 Å². The number of benzene rings is 2. The summed E-state index contributed by atoms with van der Waals surface area (Å²) in [5.41, 5.74) is 7.51. The van der Waals surface area contributed by atoms with Crippen molar-refractivity contribution in [3.05, 3.63) is 87.8 Å². The Morgan fingerprint density at radius 2 is 1.43 bits per heavy atom. The normalized spacial score (nSPS) is 19.5. The van der Waals surface area contributed by atoms with Crippen LogP contribution in [0.3, 0.4) is 0 Å². The quantitative estimate of drug-likeness (QED) is 0.290. The molecule has 4 aromatic rings. The molecule has 6 heterocycles. The molecule has 0 saturated carbocycles. The third kappa shape index (κ3) is 4.56. The molecule has 0 unspecified atom stereocenters. The first-order valence-corrected chi connectivity index (χ1v) is 16.3. The molecule has 0 N–H and O–H groups in total. The lowest BCUT2D eigenvalue weighted by atomic mass is 9.83. The fourth-order valence-corrected chi connectivity index (χ4v) is 8.61. The summed E-state index contributed by atoms with van der Waals surface area (Å²) in [4.78, 5) is 14.1. The molecule has 0 amide bonds. The molecule has 0 spiro atoms. The number of fused-ring (bicyclic) bond motifs is 3. The molecule has 7 nitrogen and oxygen atoms in total. The van der Waals surface area contributed by atoms with Gasteiger partial charge in [0, 0.05) is 79.1 Å². The van der Waals surface area contributed by atoms with Gasteiger partial charge < -0.3 is 14.7 Å². The number of hydrogen-bond donors (Lipinski definition) is 0. The van der Waals surface area contributed by atoms with Crippen LogP contribution in [-0.2, 0) is 6.54 Å². The van der Waals surface area contributed by atoms with Crippen molar-refractivity contribution in [3.63, 3.8) is 0 Å². The Hall–Kier alpha value is -3.49. The number of aromatic nitrogens is 3. The number of rotatable bonds is 7. The molecule has 3 fully saturated rings. The Kier molecular flexibility index (Phi) is 6.45. The van der Waals surface area contributed by atoms with E-state index >= 15 is 0 Å². The van der Waals surface area contributed by atoms with Gasteiger partial charge in [-0.3, -0.25) is 9.56 Å². The number of para-hydroxylation sites is 1. The van der Waals surface area contributed by atoms with Gasteiger partial charge in [0.2, 0.25) is 0 Å². The molecule has 2 aromatic carbocycles. The maximum atomic E-state index is 5.06. The lowest BCUT2D eigenvalue weighted by Crippen LogP contribution is -2.57. The number of nitrogens with zero attached hydrogens (tertiary/aromatic N) is 7. The topological polar surface area (TPSA) is 52.8 Å². The van der Waals surface area contributed by atoms with E-state index in [0.717, 1.165) is 35.1 Å². The zero-order valence-electron chi connectivity index (χ0n) is 24.8. The average molecular weight is 578 g/mol. The summed E-state index contributed by atoms with van der Waals surface area (Å²) >= 11 is 1.82. The molecule has 0 atom stereocenters. The largest absolute Gasteiger partial charge is 0.371 e. The minimum atomic E-state index is 0.553. The first-order chi connectivity index (χ1) is 20.5. The first-order valence-electron chi connectivity index (χ1n) is 15.4. The van der Waals surface area contributed by atoms with Gasteiger partial charge in [-0.1, -0.05) is 30.3 Å². The molecular weight excluding hydrogens is 538 g/mol. The summed E-state index contributed by atoms with van der Waals surface area (Å²) in [5, 5.41) is 9.94. The van der Waals surface area contributed by atoms with E-state index in [2.05, 4.69) is 97.9 Å². The van der Waals surface area contributed by atoms with Gasteiger partial charge in [0.05, 0.1) is 5.71 Å². The number of likely N-dealkylation sites (tertiary alicyclic amines) is 1. The maximum absolute atomic E-state index is 5.06. The smallest absolute Gasteiger partial charge is 0.160 e. The van der Waals surface area contributed by atoms with Gasteiger partial charge in [0.15, 0.2) is 5.82 Å². The number of aliphatic imine (C=N–C) groups is 1. The van der Waals surface area contributed by atoms with Crippen LogP contribution in [0.2, 0.25) is 0 Å². The number of anilines is 2. The second-order valence-corrected chi connectivity index (χ2v) is 14.1. The second-order valence-electron chi connectivity index (χ2n) is 12.9. The summed E-state index contributed by atoms with van der Waals surface area (Å²) in [5.74, 6) is 4.40. The van der Waals surface area contributed by atoms with Crippen LogP contribution in [0.4, 0.5) is 11.4 Å². The highest BCUT2D eigenvalue weighted by Gasteiger charge is 2.37. The van der Waals surface area contributed by atoms with Crippen LogP contribution in [0.25, 0.3) is 5.00 Å². The van der Waals surface area contributed by atoms with Gasteiger partial charge in [-0.25, -0.2) is 0 Å². The molecule has 8 heteroatoms. The van der Waals surface area contributed by atoms with Crippen molar-refractivity contribution in [1.82, 2.24) is 19.7 Å². The molecule has 216 valence electrons. The molecule has 0 aliphatic carbocycles. The van der Waals surface area contributed by atoms with Gasteiger partial charge in [0.1, 0.15) is 17.4 Å². The fraction of sp³-hybridized carbons (Fsp3) is 0.441. The Bertz CT molecular complexity index is 1620. The van der Waals surface area contributed by atoms with Crippen molar-refractivity contribution in [2.45, 2.75) is 33.7 Å². The molecule has 2 aromatic heterocycles. The molecular formula is C34H39N7S. The van der Waals surface area contributed by atoms with E-state index in [1.54, 1.807) is 0 Å². The lowest BCUT2D eigenvalue weighted by Gasteiger charge is -2.49. The predicted molar refractivity (Wildman–Crippen MR) is 172 cm³/mol. The van der Waals surface area contributed by atoms with Crippen molar-refractivity contribution in [1.29, 1.82) is 0 Å². The van der Waals surface area contributed by atoms with E-state index < -0.39 is 0 Å². The van der Waals surface area contributed by atoms with Crippen molar-refractivity contribution < 1.29 is 0 Å². The van der Waals surface area contributed by atoms with Gasteiger partial charge >= 0.3 is 0 Å². The van der Waals surface area contributed by atoms with Crippen molar-refractivity contribution in [2.24, 2.45) is 22.7 Å². The van der Waals surface area contributed by atoms with Crippen LogP contribution in [-0.4, -0.2) is 71.2 Å². The number of aryl methyl sites for hydroxylation is 2. The van der Waals surface area contributed by atoms with Crippen LogP contribution < -0.4 is 9.80 Å². The summed E-state index contributed by atoms with van der Waals surface area (Å²) in [6.07, 6.45) is 1.38. The summed E-state index contributed by atoms with van der Waals surface area (Å²) in [6.45, 7) is 15.7. The van der Waals surface area contributed by atoms with Crippen molar-refractivity contribution >= 4 is 28.4 Å². The monoisotopic (exact) mass is 577 g/mol. The third-order valence-electron chi connectivity index (χ3n) is 9.83. The van der Waals surface area contributed by atoms with Crippen molar-refractivity contribution in [3.8, 4) is 5.00 Å². The lowest BCUT2D eigenvalue weighted by molar-refractivity contribution is 0.0570. The third-order valence-corrected chi connectivity index (χ3v) is 11.0. The van der Waals surface area contributed by atoms with Gasteiger partial charge in [-0.2, -0.15) is 0 Å². The summed E-state index contributed by atoms with van der Waals surface area (Å²) < 4.78 is 2.19. The average Bonchev–Trinajstić information content (AvgIpc) is 3.38. The molecule has 8 rings (SSSR count). The van der Waals surface area contributed by atoms with Crippen LogP contribution in [0.1, 0.15) is 39.6 Å². The second kappa shape index (κ2) is 10.3. The fourth-order valence-electron chi connectivity index (χ4n) is 7.39. The summed E-state index contributed by atoms with van der Waals surface area (Å²) in [7, 11) is 0. The Labute approximate surface area is 252 Å². The molecule has 3 saturated heterocycles. The Morgan fingerprint density at radius 3 is 2.17 bits per heavy atom. The Balaban J connectivity index is 0.836. The predicted octanol–water partition coefficient (Wildman–Crippen LogP) is 5.50. The molecule has 4 aliphatic rings. The first kappa shape index (κ1) is 26.2. The van der Waals surface area contributed by atoms with Gasteiger partial charge in [-0.15, -0.1) is 21.5 Å². The highest BCUT2D eigenvalue weighted by atomic mass is 32.1. The van der Waals surface area contributed by atoms with E-state index in [1.807, 2.05) is 18.3 Å². The molecule has 0 bridgehead atoms. The number of thiophene rings is 1. The minimum absolute atomic E-state index is 0.553. The highest BCUT2D eigenvalue weighted by Crippen LogP contribution is 2.37. The van der Waals surface area contributed by atoms with Crippen LogP contribution >= 0.6 is 11.3 Å². The van der Waals surface area contributed by atoms with E-state index in [4.69, 9.17) is 4.99 Å². The van der Waals surface area contributed by atoms with E-state index in [-0.39, 0.29) is 0 Å². The minimum Gasteiger partial charge on any atom is -0.371 e. The van der Waals surface area contributed by atoms with E-state index in [9.17, 15) is 0 Å². The zero-order chi connectivity index (χ0) is 28.4. The van der Waals surface area contributed by atoms with Crippen LogP contribution in [0, 0.1) is 38.5 Å². The summed E-state index contributed by atoms with van der Waals surface area (Å²) in [6, 6.07) is 20.0. The van der Waals surface area contributed by atoms with Crippen molar-refractivity contribution in [2.75, 3.05) is 55.6 Å². The van der Waals surface area contributed by atoms with Gasteiger partial charge in [0.25, 0.3) is 0 Å². The standard InChI is InChI=1S/C34H39N7S/c1-22-23(2)42-34-32(22)33(35-14-31-37-36-24(3)41(31)34)28-9-11-30(12-10-28)39-18-26(19-39)13-25-15-38(16-25)17-27-20-40(21-27)29-7-5-4-6-8-29/h4-12,25-27H,13-21H2,1-3H3. The highest BCUT2D eigenvalue weighted by molar-refractivity contribution is 7.15. The Morgan fingerprint density at radius 1 is 0.762 bits per heavy atom.